The number of aromatic nitrogens is 2. The molecule has 0 unspecified atom stereocenters. The summed E-state index contributed by atoms with van der Waals surface area (Å²) in [6.07, 6.45) is -8.17. The first-order valence-corrected chi connectivity index (χ1v) is 11.8. The Morgan fingerprint density at radius 2 is 1.34 bits per heavy atom. The first-order chi connectivity index (χ1) is 16.3. The number of nitrogens with one attached hydrogen (secondary N) is 1. The van der Waals surface area contributed by atoms with Crippen molar-refractivity contribution in [2.75, 3.05) is 22.7 Å². The number of hydrogen-bond acceptors (Lipinski definition) is 5. The maximum Gasteiger partial charge on any atom is 0.416 e. The van der Waals surface area contributed by atoms with Gasteiger partial charge in [-0.25, -0.2) is 8.42 Å². The third-order valence-electron chi connectivity index (χ3n) is 5.38. The van der Waals surface area contributed by atoms with E-state index >= 15 is 0 Å². The number of sulfonamides is 1. The predicted molar refractivity (Wildman–Crippen MR) is 116 cm³/mol. The molecule has 186 valence electrons. The van der Waals surface area contributed by atoms with Gasteiger partial charge in [-0.2, -0.15) is 26.3 Å². The number of halogens is 6. The van der Waals surface area contributed by atoms with E-state index in [0.29, 0.717) is 11.3 Å². The minimum Gasteiger partial charge on any atom is -0.355 e. The van der Waals surface area contributed by atoms with Gasteiger partial charge in [0.05, 0.1) is 21.7 Å². The van der Waals surface area contributed by atoms with Gasteiger partial charge in [0.1, 0.15) is 0 Å². The Morgan fingerprint density at radius 1 is 0.771 bits per heavy atom. The zero-order valence-corrected chi connectivity index (χ0v) is 18.7. The van der Waals surface area contributed by atoms with Crippen molar-refractivity contribution >= 4 is 21.5 Å². The van der Waals surface area contributed by atoms with E-state index in [4.69, 9.17) is 0 Å². The van der Waals surface area contributed by atoms with Gasteiger partial charge >= 0.3 is 12.4 Å². The van der Waals surface area contributed by atoms with Gasteiger partial charge in [0, 0.05) is 24.3 Å². The lowest BCUT2D eigenvalue weighted by Crippen LogP contribution is -2.19. The average molecular weight is 516 g/mol. The summed E-state index contributed by atoms with van der Waals surface area (Å²) in [6, 6.07) is 9.39. The second-order valence-electron chi connectivity index (χ2n) is 7.90. The lowest BCUT2D eigenvalue weighted by atomic mass is 10.1. The number of alkyl halides is 6. The predicted octanol–water partition coefficient (Wildman–Crippen LogP) is 5.58. The second-order valence-corrected chi connectivity index (χ2v) is 9.58. The SMILES string of the molecule is O=S(=O)(Nc1ccc(-c2ccc(N3CCCC3)nn2)cc1)c1cc(C(F)(F)F)cc(C(F)(F)F)c1. The summed E-state index contributed by atoms with van der Waals surface area (Å²) in [6.45, 7) is 1.80. The van der Waals surface area contributed by atoms with Crippen molar-refractivity contribution in [3.05, 3.63) is 65.7 Å². The molecule has 0 bridgehead atoms. The van der Waals surface area contributed by atoms with Gasteiger partial charge < -0.3 is 4.90 Å². The molecule has 1 N–H and O–H groups in total. The Labute approximate surface area is 196 Å². The highest BCUT2D eigenvalue weighted by molar-refractivity contribution is 7.92. The molecule has 4 rings (SSSR count). The molecular formula is C22H18F6N4O2S. The molecule has 3 aromatic rings. The highest BCUT2D eigenvalue weighted by Crippen LogP contribution is 2.37. The summed E-state index contributed by atoms with van der Waals surface area (Å²) in [4.78, 5) is 0.944. The van der Waals surface area contributed by atoms with Crippen molar-refractivity contribution in [2.45, 2.75) is 30.1 Å². The number of anilines is 2. The number of rotatable bonds is 5. The van der Waals surface area contributed by atoms with Crippen LogP contribution in [0.15, 0.2) is 59.5 Å². The van der Waals surface area contributed by atoms with Crippen LogP contribution in [-0.4, -0.2) is 31.7 Å². The fourth-order valence-corrected chi connectivity index (χ4v) is 4.73. The molecule has 1 aliphatic heterocycles. The molecule has 1 aromatic heterocycles. The first-order valence-electron chi connectivity index (χ1n) is 10.3. The van der Waals surface area contributed by atoms with Crippen LogP contribution in [0.25, 0.3) is 11.3 Å². The molecule has 0 saturated carbocycles. The Morgan fingerprint density at radius 3 is 1.83 bits per heavy atom. The van der Waals surface area contributed by atoms with Gasteiger partial charge in [0.15, 0.2) is 5.82 Å². The fourth-order valence-electron chi connectivity index (χ4n) is 3.60. The molecule has 0 atom stereocenters. The summed E-state index contributed by atoms with van der Waals surface area (Å²) in [5, 5.41) is 8.36. The van der Waals surface area contributed by atoms with E-state index in [1.807, 2.05) is 10.8 Å². The minimum atomic E-state index is -5.17. The van der Waals surface area contributed by atoms with E-state index in [1.54, 1.807) is 6.07 Å². The van der Waals surface area contributed by atoms with Gasteiger partial charge in [-0.15, -0.1) is 10.2 Å². The summed E-state index contributed by atoms with van der Waals surface area (Å²) < 4.78 is 106. The van der Waals surface area contributed by atoms with Crippen LogP contribution in [-0.2, 0) is 22.4 Å². The van der Waals surface area contributed by atoms with Crippen LogP contribution < -0.4 is 9.62 Å². The summed E-state index contributed by atoms with van der Waals surface area (Å²) in [5.41, 5.74) is -2.40. The van der Waals surface area contributed by atoms with Gasteiger partial charge in [0.25, 0.3) is 10.0 Å². The molecule has 1 fully saturated rings. The van der Waals surface area contributed by atoms with Gasteiger partial charge in [-0.1, -0.05) is 12.1 Å². The number of nitrogens with zero attached hydrogens (tertiary/aromatic N) is 3. The zero-order chi connectivity index (χ0) is 25.4. The van der Waals surface area contributed by atoms with Crippen molar-refractivity contribution in [1.29, 1.82) is 0 Å². The van der Waals surface area contributed by atoms with E-state index in [9.17, 15) is 34.8 Å². The monoisotopic (exact) mass is 516 g/mol. The van der Waals surface area contributed by atoms with E-state index < -0.39 is 38.4 Å². The largest absolute Gasteiger partial charge is 0.416 e. The maximum atomic E-state index is 13.1. The third-order valence-corrected chi connectivity index (χ3v) is 6.75. The first kappa shape index (κ1) is 24.8. The van der Waals surface area contributed by atoms with Gasteiger partial charge in [0.2, 0.25) is 0 Å². The van der Waals surface area contributed by atoms with Crippen LogP contribution in [0.1, 0.15) is 24.0 Å². The molecule has 0 aliphatic carbocycles. The molecular weight excluding hydrogens is 498 g/mol. The van der Waals surface area contributed by atoms with Crippen molar-refractivity contribution in [3.63, 3.8) is 0 Å². The normalized spacial score (nSPS) is 14.9. The fraction of sp³-hybridized carbons (Fsp3) is 0.273. The molecule has 13 heteroatoms. The van der Waals surface area contributed by atoms with E-state index in [1.165, 1.54) is 24.3 Å². The van der Waals surface area contributed by atoms with E-state index in [-0.39, 0.29) is 23.9 Å². The maximum absolute atomic E-state index is 13.1. The Balaban J connectivity index is 1.56. The number of benzene rings is 2. The Bertz CT molecular complexity index is 1270. The zero-order valence-electron chi connectivity index (χ0n) is 17.9. The quantitative estimate of drug-likeness (QED) is 0.448. The molecule has 2 aromatic carbocycles. The van der Waals surface area contributed by atoms with Crippen molar-refractivity contribution < 1.29 is 34.8 Å². The molecule has 0 amide bonds. The standard InChI is InChI=1S/C22H18F6N4O2S/c23-21(24,25)15-11-16(22(26,27)28)13-18(12-15)35(33,34)31-17-5-3-14(4-6-17)19-7-8-20(30-29-19)32-9-1-2-10-32/h3-8,11-13,31H,1-2,9-10H2. The van der Waals surface area contributed by atoms with Crippen LogP contribution in [0, 0.1) is 0 Å². The molecule has 1 aliphatic rings. The smallest absolute Gasteiger partial charge is 0.355 e. The second kappa shape index (κ2) is 9.02. The van der Waals surface area contributed by atoms with Crippen molar-refractivity contribution in [1.82, 2.24) is 10.2 Å². The summed E-state index contributed by atoms with van der Waals surface area (Å²) in [7, 11) is -4.75. The van der Waals surface area contributed by atoms with Crippen LogP contribution in [0.2, 0.25) is 0 Å². The molecule has 2 heterocycles. The molecule has 1 saturated heterocycles. The van der Waals surface area contributed by atoms with E-state index in [0.717, 1.165) is 31.7 Å². The molecule has 35 heavy (non-hydrogen) atoms. The number of hydrogen-bond donors (Lipinski definition) is 1. The van der Waals surface area contributed by atoms with Crippen LogP contribution in [0.3, 0.4) is 0 Å². The van der Waals surface area contributed by atoms with Crippen LogP contribution in [0.4, 0.5) is 37.8 Å². The van der Waals surface area contributed by atoms with Crippen molar-refractivity contribution in [2.24, 2.45) is 0 Å². The Hall–Kier alpha value is -3.35. The lowest BCUT2D eigenvalue weighted by molar-refractivity contribution is -0.143. The van der Waals surface area contributed by atoms with Crippen LogP contribution in [0.5, 0.6) is 0 Å². The minimum absolute atomic E-state index is 0.0543. The van der Waals surface area contributed by atoms with Crippen LogP contribution >= 0.6 is 0 Å². The molecule has 0 radical (unpaired) electrons. The van der Waals surface area contributed by atoms with Crippen molar-refractivity contribution in [3.8, 4) is 11.3 Å². The molecule has 0 spiro atoms. The summed E-state index contributed by atoms with van der Waals surface area (Å²) in [5.74, 6) is 0.745. The van der Waals surface area contributed by atoms with Gasteiger partial charge in [-0.05, 0) is 55.3 Å². The van der Waals surface area contributed by atoms with Gasteiger partial charge in [-0.3, -0.25) is 4.72 Å². The third kappa shape index (κ3) is 5.66. The average Bonchev–Trinajstić information content (AvgIpc) is 3.33. The summed E-state index contributed by atoms with van der Waals surface area (Å²) >= 11 is 0. The highest BCUT2D eigenvalue weighted by atomic mass is 32.2. The topological polar surface area (TPSA) is 75.2 Å². The molecule has 6 nitrogen and oxygen atoms in total. The Kier molecular flexibility index (Phi) is 6.38. The van der Waals surface area contributed by atoms with E-state index in [2.05, 4.69) is 15.1 Å². The lowest BCUT2D eigenvalue weighted by Gasteiger charge is -2.16. The highest BCUT2D eigenvalue weighted by Gasteiger charge is 2.38.